The lowest BCUT2D eigenvalue weighted by Crippen LogP contribution is -2.12. The number of nitrogens with one attached hydrogen (secondary N) is 1. The first-order valence-electron chi connectivity index (χ1n) is 7.89. The largest absolute Gasteiger partial charge is 0.507 e. The van der Waals surface area contributed by atoms with E-state index in [0.29, 0.717) is 6.54 Å². The van der Waals surface area contributed by atoms with Crippen molar-refractivity contribution in [1.29, 1.82) is 0 Å². The number of carboxylic acids is 1. The van der Waals surface area contributed by atoms with Crippen LogP contribution in [-0.4, -0.2) is 23.3 Å². The van der Waals surface area contributed by atoms with Crippen molar-refractivity contribution in [2.24, 2.45) is 0 Å². The van der Waals surface area contributed by atoms with Crippen LogP contribution < -0.4 is 10.1 Å². The second kappa shape index (κ2) is 7.23. The molecule has 0 aliphatic rings. The van der Waals surface area contributed by atoms with Gasteiger partial charge in [0.2, 0.25) is 0 Å². The molecule has 128 valence electrons. The van der Waals surface area contributed by atoms with Crippen LogP contribution in [0.3, 0.4) is 0 Å². The van der Waals surface area contributed by atoms with Gasteiger partial charge in [0.25, 0.3) is 0 Å². The van der Waals surface area contributed by atoms with E-state index in [-0.39, 0.29) is 11.3 Å². The Labute approximate surface area is 145 Å². The van der Waals surface area contributed by atoms with Crippen molar-refractivity contribution in [2.45, 2.75) is 13.1 Å². The molecule has 3 aromatic carbocycles. The van der Waals surface area contributed by atoms with Gasteiger partial charge >= 0.3 is 5.97 Å². The number of fused-ring (bicyclic) bond motifs is 1. The van der Waals surface area contributed by atoms with E-state index in [1.807, 2.05) is 42.5 Å². The fourth-order valence-corrected chi connectivity index (χ4v) is 2.71. The third kappa shape index (κ3) is 3.89. The zero-order valence-corrected chi connectivity index (χ0v) is 13.8. The van der Waals surface area contributed by atoms with Gasteiger partial charge in [0.05, 0.1) is 7.11 Å². The maximum absolute atomic E-state index is 11.1. The van der Waals surface area contributed by atoms with Gasteiger partial charge in [-0.05, 0) is 52.2 Å². The van der Waals surface area contributed by atoms with E-state index in [1.54, 1.807) is 7.11 Å². The molecule has 0 bridgehead atoms. The Bertz CT molecular complexity index is 903. The fraction of sp³-hybridized carbons (Fsp3) is 0.150. The molecular weight excluding hydrogens is 318 g/mol. The highest BCUT2D eigenvalue weighted by Gasteiger charge is 2.11. The standard InChI is InChI=1S/C20H19NO4/c1-25-17-6-3-13(4-7-17)11-21-12-14-2-5-15-10-19(22)18(20(23)24)9-16(15)8-14/h2-10,21-22H,11-12H2,1H3,(H,23,24). The number of rotatable bonds is 6. The Morgan fingerprint density at radius 2 is 1.64 bits per heavy atom. The monoisotopic (exact) mass is 337 g/mol. The summed E-state index contributed by atoms with van der Waals surface area (Å²) in [5.41, 5.74) is 2.11. The number of hydrogen-bond donors (Lipinski definition) is 3. The number of phenols is 1. The molecule has 3 N–H and O–H groups in total. The number of carboxylic acid groups (broad SMARTS) is 1. The number of methoxy groups -OCH3 is 1. The second-order valence-electron chi connectivity index (χ2n) is 5.81. The minimum atomic E-state index is -1.14. The molecule has 0 radical (unpaired) electrons. The Balaban J connectivity index is 1.70. The first-order chi connectivity index (χ1) is 12.1. The highest BCUT2D eigenvalue weighted by Crippen LogP contribution is 2.26. The molecule has 0 spiro atoms. The average molecular weight is 337 g/mol. The summed E-state index contributed by atoms with van der Waals surface area (Å²) < 4.78 is 5.14. The molecule has 0 unspecified atom stereocenters. The smallest absolute Gasteiger partial charge is 0.339 e. The van der Waals surface area contributed by atoms with Crippen LogP contribution >= 0.6 is 0 Å². The molecule has 5 heteroatoms. The number of aromatic hydroxyl groups is 1. The fourth-order valence-electron chi connectivity index (χ4n) is 2.71. The number of carbonyl (C=O) groups is 1. The van der Waals surface area contributed by atoms with E-state index in [0.717, 1.165) is 34.2 Å². The zero-order valence-electron chi connectivity index (χ0n) is 13.8. The Hall–Kier alpha value is -3.05. The van der Waals surface area contributed by atoms with Gasteiger partial charge in [-0.3, -0.25) is 0 Å². The average Bonchev–Trinajstić information content (AvgIpc) is 2.61. The molecule has 3 rings (SSSR count). The third-order valence-corrected chi connectivity index (χ3v) is 4.07. The quantitative estimate of drug-likeness (QED) is 0.641. The van der Waals surface area contributed by atoms with Crippen LogP contribution in [0.1, 0.15) is 21.5 Å². The van der Waals surface area contributed by atoms with Gasteiger partial charge in [-0.2, -0.15) is 0 Å². The molecule has 0 amide bonds. The maximum atomic E-state index is 11.1. The Morgan fingerprint density at radius 3 is 2.32 bits per heavy atom. The Morgan fingerprint density at radius 1 is 0.960 bits per heavy atom. The van der Waals surface area contributed by atoms with Crippen molar-refractivity contribution < 1.29 is 19.7 Å². The van der Waals surface area contributed by atoms with Gasteiger partial charge in [0.15, 0.2) is 0 Å². The first-order valence-corrected chi connectivity index (χ1v) is 7.89. The van der Waals surface area contributed by atoms with E-state index in [2.05, 4.69) is 5.32 Å². The molecule has 0 saturated carbocycles. The van der Waals surface area contributed by atoms with Gasteiger partial charge in [0.1, 0.15) is 17.1 Å². The van der Waals surface area contributed by atoms with Crippen LogP contribution in [-0.2, 0) is 13.1 Å². The summed E-state index contributed by atoms with van der Waals surface area (Å²) in [6.07, 6.45) is 0. The molecule has 5 nitrogen and oxygen atoms in total. The predicted molar refractivity (Wildman–Crippen MR) is 96.1 cm³/mol. The highest BCUT2D eigenvalue weighted by molar-refractivity contribution is 5.97. The summed E-state index contributed by atoms with van der Waals surface area (Å²) in [4.78, 5) is 11.1. The normalized spacial score (nSPS) is 10.8. The number of benzene rings is 3. The number of ether oxygens (including phenoxy) is 1. The van der Waals surface area contributed by atoms with E-state index in [9.17, 15) is 9.90 Å². The molecule has 0 heterocycles. The van der Waals surface area contributed by atoms with Crippen LogP contribution in [0.4, 0.5) is 0 Å². The second-order valence-corrected chi connectivity index (χ2v) is 5.81. The molecule has 0 aliphatic heterocycles. The molecule has 0 aliphatic carbocycles. The summed E-state index contributed by atoms with van der Waals surface area (Å²) >= 11 is 0. The maximum Gasteiger partial charge on any atom is 0.339 e. The van der Waals surface area contributed by atoms with Crippen molar-refractivity contribution >= 4 is 16.7 Å². The van der Waals surface area contributed by atoms with Crippen molar-refractivity contribution in [2.75, 3.05) is 7.11 Å². The van der Waals surface area contributed by atoms with Gasteiger partial charge in [0, 0.05) is 13.1 Å². The van der Waals surface area contributed by atoms with Crippen molar-refractivity contribution in [1.82, 2.24) is 5.32 Å². The van der Waals surface area contributed by atoms with Gasteiger partial charge in [-0.15, -0.1) is 0 Å². The van der Waals surface area contributed by atoms with Crippen LogP contribution in [0.5, 0.6) is 11.5 Å². The minimum absolute atomic E-state index is 0.0872. The van der Waals surface area contributed by atoms with Crippen LogP contribution in [0, 0.1) is 0 Å². The summed E-state index contributed by atoms with van der Waals surface area (Å²) in [7, 11) is 1.64. The van der Waals surface area contributed by atoms with E-state index in [4.69, 9.17) is 9.84 Å². The molecule has 0 saturated heterocycles. The summed E-state index contributed by atoms with van der Waals surface area (Å²) in [5, 5.41) is 23.8. The Kier molecular flexibility index (Phi) is 4.86. The molecular formula is C20H19NO4. The highest BCUT2D eigenvalue weighted by atomic mass is 16.5. The van der Waals surface area contributed by atoms with E-state index < -0.39 is 5.97 Å². The molecule has 0 aromatic heterocycles. The van der Waals surface area contributed by atoms with Gasteiger partial charge in [-0.25, -0.2) is 4.79 Å². The molecule has 25 heavy (non-hydrogen) atoms. The summed E-state index contributed by atoms with van der Waals surface area (Å²) in [5.74, 6) is -0.524. The SMILES string of the molecule is COc1ccc(CNCc2ccc3cc(O)c(C(=O)O)cc3c2)cc1. The minimum Gasteiger partial charge on any atom is -0.507 e. The zero-order chi connectivity index (χ0) is 17.8. The van der Waals surface area contributed by atoms with Crippen LogP contribution in [0.25, 0.3) is 10.8 Å². The third-order valence-electron chi connectivity index (χ3n) is 4.07. The molecule has 0 atom stereocenters. The van der Waals surface area contributed by atoms with Crippen LogP contribution in [0.2, 0.25) is 0 Å². The lowest BCUT2D eigenvalue weighted by Gasteiger charge is -2.08. The molecule has 0 fully saturated rings. The van der Waals surface area contributed by atoms with Crippen LogP contribution in [0.15, 0.2) is 54.6 Å². The van der Waals surface area contributed by atoms with Crippen molar-refractivity contribution in [3.8, 4) is 11.5 Å². The lowest BCUT2D eigenvalue weighted by atomic mass is 10.0. The first kappa shape index (κ1) is 16.8. The summed E-state index contributed by atoms with van der Waals surface area (Å²) in [6.45, 7) is 1.38. The number of hydrogen-bond acceptors (Lipinski definition) is 4. The van der Waals surface area contributed by atoms with E-state index in [1.165, 1.54) is 12.1 Å². The molecule has 3 aromatic rings. The van der Waals surface area contributed by atoms with Gasteiger partial charge in [-0.1, -0.05) is 24.3 Å². The van der Waals surface area contributed by atoms with Crippen molar-refractivity contribution in [3.05, 3.63) is 71.3 Å². The van der Waals surface area contributed by atoms with E-state index >= 15 is 0 Å². The topological polar surface area (TPSA) is 78.8 Å². The lowest BCUT2D eigenvalue weighted by molar-refractivity contribution is 0.0694. The summed E-state index contributed by atoms with van der Waals surface area (Å²) in [6, 6.07) is 16.6. The predicted octanol–water partition coefficient (Wildman–Crippen LogP) is 3.54. The van der Waals surface area contributed by atoms with Gasteiger partial charge < -0.3 is 20.3 Å². The number of aromatic carboxylic acids is 1. The van der Waals surface area contributed by atoms with Crippen molar-refractivity contribution in [3.63, 3.8) is 0 Å².